The molecular formula is C23H28N4O2. The fourth-order valence-corrected chi connectivity index (χ4v) is 3.27. The summed E-state index contributed by atoms with van der Waals surface area (Å²) in [7, 11) is 5.76. The Morgan fingerprint density at radius 1 is 0.966 bits per heavy atom. The number of benzene rings is 2. The van der Waals surface area contributed by atoms with Gasteiger partial charge in [-0.05, 0) is 23.3 Å². The van der Waals surface area contributed by atoms with E-state index >= 15 is 0 Å². The zero-order chi connectivity index (χ0) is 20.8. The second-order valence-electron chi connectivity index (χ2n) is 7.49. The van der Waals surface area contributed by atoms with E-state index in [1.807, 2.05) is 73.6 Å². The van der Waals surface area contributed by atoms with Gasteiger partial charge in [0.05, 0.1) is 12.3 Å². The number of hydrazone groups is 1. The first kappa shape index (κ1) is 20.6. The average molecular weight is 393 g/mol. The molecule has 2 aromatic carbocycles. The molecule has 1 aliphatic heterocycles. The van der Waals surface area contributed by atoms with Crippen molar-refractivity contribution in [3.05, 3.63) is 65.7 Å². The SMILES string of the molecule is CN(Cc1ccc(N(C)C)cc1)C(=O)CCC(=O)N1CCC(c2ccccc2)=N1. The van der Waals surface area contributed by atoms with E-state index in [2.05, 4.69) is 5.10 Å². The summed E-state index contributed by atoms with van der Waals surface area (Å²) in [6, 6.07) is 18.0. The zero-order valence-corrected chi connectivity index (χ0v) is 17.3. The summed E-state index contributed by atoms with van der Waals surface area (Å²) in [5.41, 5.74) is 4.14. The van der Waals surface area contributed by atoms with E-state index in [4.69, 9.17) is 0 Å². The van der Waals surface area contributed by atoms with Crippen molar-refractivity contribution in [1.82, 2.24) is 9.91 Å². The number of anilines is 1. The molecule has 0 aliphatic carbocycles. The summed E-state index contributed by atoms with van der Waals surface area (Å²) >= 11 is 0. The van der Waals surface area contributed by atoms with Crippen molar-refractivity contribution in [2.24, 2.45) is 5.10 Å². The largest absolute Gasteiger partial charge is 0.378 e. The molecule has 6 nitrogen and oxygen atoms in total. The average Bonchev–Trinajstić information content (AvgIpc) is 3.23. The normalized spacial score (nSPS) is 13.2. The minimum atomic E-state index is -0.104. The maximum atomic E-state index is 12.5. The molecule has 0 unspecified atom stereocenters. The quantitative estimate of drug-likeness (QED) is 0.727. The van der Waals surface area contributed by atoms with Crippen molar-refractivity contribution in [3.63, 3.8) is 0 Å². The number of amides is 2. The lowest BCUT2D eigenvalue weighted by atomic mass is 10.1. The first-order chi connectivity index (χ1) is 13.9. The van der Waals surface area contributed by atoms with Crippen LogP contribution in [0.5, 0.6) is 0 Å². The fraction of sp³-hybridized carbons (Fsp3) is 0.348. The second-order valence-corrected chi connectivity index (χ2v) is 7.49. The lowest BCUT2D eigenvalue weighted by Gasteiger charge is -2.19. The lowest BCUT2D eigenvalue weighted by Crippen LogP contribution is -2.29. The van der Waals surface area contributed by atoms with Crippen LogP contribution in [0.15, 0.2) is 59.7 Å². The molecule has 0 saturated heterocycles. The van der Waals surface area contributed by atoms with Crippen molar-refractivity contribution in [2.75, 3.05) is 32.6 Å². The van der Waals surface area contributed by atoms with Crippen molar-refractivity contribution in [1.29, 1.82) is 0 Å². The first-order valence-electron chi connectivity index (χ1n) is 9.87. The summed E-state index contributed by atoms with van der Waals surface area (Å²) in [6.45, 7) is 1.10. The number of rotatable bonds is 7. The van der Waals surface area contributed by atoms with Gasteiger partial charge in [0.2, 0.25) is 11.8 Å². The van der Waals surface area contributed by atoms with Gasteiger partial charge in [-0.25, -0.2) is 5.01 Å². The minimum absolute atomic E-state index is 0.0403. The first-order valence-corrected chi connectivity index (χ1v) is 9.87. The van der Waals surface area contributed by atoms with E-state index in [0.29, 0.717) is 13.1 Å². The van der Waals surface area contributed by atoms with Crippen molar-refractivity contribution in [2.45, 2.75) is 25.8 Å². The van der Waals surface area contributed by atoms with Gasteiger partial charge >= 0.3 is 0 Å². The zero-order valence-electron chi connectivity index (χ0n) is 17.3. The Balaban J connectivity index is 1.48. The molecule has 29 heavy (non-hydrogen) atoms. The van der Waals surface area contributed by atoms with E-state index in [0.717, 1.165) is 28.9 Å². The predicted octanol–water partition coefficient (Wildman–Crippen LogP) is 3.13. The van der Waals surface area contributed by atoms with E-state index in [1.165, 1.54) is 5.01 Å². The van der Waals surface area contributed by atoms with Crippen LogP contribution >= 0.6 is 0 Å². The van der Waals surface area contributed by atoms with Gasteiger partial charge in [0.15, 0.2) is 0 Å². The van der Waals surface area contributed by atoms with Crippen LogP contribution in [0.25, 0.3) is 0 Å². The van der Waals surface area contributed by atoms with E-state index in [1.54, 1.807) is 11.9 Å². The monoisotopic (exact) mass is 392 g/mol. The molecule has 1 heterocycles. The van der Waals surface area contributed by atoms with Gasteiger partial charge in [0, 0.05) is 52.6 Å². The molecule has 0 N–H and O–H groups in total. The van der Waals surface area contributed by atoms with Crippen LogP contribution in [-0.2, 0) is 16.1 Å². The van der Waals surface area contributed by atoms with E-state index in [-0.39, 0.29) is 24.7 Å². The third kappa shape index (κ3) is 5.44. The lowest BCUT2D eigenvalue weighted by molar-refractivity contribution is -0.136. The molecule has 0 spiro atoms. The molecular weight excluding hydrogens is 364 g/mol. The van der Waals surface area contributed by atoms with Crippen LogP contribution in [0.1, 0.15) is 30.4 Å². The van der Waals surface area contributed by atoms with Crippen molar-refractivity contribution in [3.8, 4) is 0 Å². The molecule has 2 amide bonds. The number of hydrogen-bond donors (Lipinski definition) is 0. The smallest absolute Gasteiger partial charge is 0.243 e. The highest BCUT2D eigenvalue weighted by Crippen LogP contribution is 2.16. The highest BCUT2D eigenvalue weighted by atomic mass is 16.2. The summed E-state index contributed by atoms with van der Waals surface area (Å²) in [4.78, 5) is 28.6. The molecule has 0 saturated carbocycles. The third-order valence-corrected chi connectivity index (χ3v) is 5.05. The molecule has 0 atom stereocenters. The molecule has 152 valence electrons. The number of carbonyl (C=O) groups is 2. The predicted molar refractivity (Wildman–Crippen MR) is 116 cm³/mol. The minimum Gasteiger partial charge on any atom is -0.378 e. The van der Waals surface area contributed by atoms with Gasteiger partial charge in [0.25, 0.3) is 0 Å². The summed E-state index contributed by atoms with van der Waals surface area (Å²) in [6.07, 6.45) is 1.11. The van der Waals surface area contributed by atoms with Gasteiger partial charge in [-0.3, -0.25) is 9.59 Å². The molecule has 1 aliphatic rings. The number of hydrogen-bond acceptors (Lipinski definition) is 4. The highest BCUT2D eigenvalue weighted by Gasteiger charge is 2.22. The van der Waals surface area contributed by atoms with Crippen LogP contribution in [0.2, 0.25) is 0 Å². The topological polar surface area (TPSA) is 56.2 Å². The van der Waals surface area contributed by atoms with Crippen molar-refractivity contribution < 1.29 is 9.59 Å². The van der Waals surface area contributed by atoms with Crippen molar-refractivity contribution >= 4 is 23.2 Å². The van der Waals surface area contributed by atoms with Crippen LogP contribution in [0.4, 0.5) is 5.69 Å². The number of nitrogens with zero attached hydrogens (tertiary/aromatic N) is 4. The Morgan fingerprint density at radius 3 is 2.31 bits per heavy atom. The summed E-state index contributed by atoms with van der Waals surface area (Å²) in [5.74, 6) is -0.144. The standard InChI is InChI=1S/C23H28N4O2/c1-25(2)20-11-9-18(10-12-20)17-26(3)22(28)13-14-23(29)27-16-15-21(24-27)19-7-5-4-6-8-19/h4-12H,13-17H2,1-3H3. The van der Waals surface area contributed by atoms with Gasteiger partial charge in [-0.2, -0.15) is 5.10 Å². The molecule has 0 radical (unpaired) electrons. The van der Waals surface area contributed by atoms with Crippen LogP contribution in [-0.4, -0.2) is 55.1 Å². The maximum absolute atomic E-state index is 12.5. The Kier molecular flexibility index (Phi) is 6.65. The van der Waals surface area contributed by atoms with Crippen LogP contribution < -0.4 is 4.90 Å². The summed E-state index contributed by atoms with van der Waals surface area (Å²) in [5, 5.41) is 5.94. The Hall–Kier alpha value is -3.15. The molecule has 6 heteroatoms. The Labute approximate surface area is 172 Å². The Morgan fingerprint density at radius 2 is 1.66 bits per heavy atom. The van der Waals surface area contributed by atoms with Crippen LogP contribution in [0, 0.1) is 0 Å². The van der Waals surface area contributed by atoms with Gasteiger partial charge in [-0.1, -0.05) is 42.5 Å². The molecule has 0 fully saturated rings. The number of carbonyl (C=O) groups excluding carboxylic acids is 2. The van der Waals surface area contributed by atoms with E-state index < -0.39 is 0 Å². The third-order valence-electron chi connectivity index (χ3n) is 5.05. The molecule has 2 aromatic rings. The van der Waals surface area contributed by atoms with Gasteiger partial charge in [0.1, 0.15) is 0 Å². The summed E-state index contributed by atoms with van der Waals surface area (Å²) < 4.78 is 0. The van der Waals surface area contributed by atoms with Gasteiger partial charge < -0.3 is 9.80 Å². The molecule has 3 rings (SSSR count). The maximum Gasteiger partial charge on any atom is 0.243 e. The molecule has 0 bridgehead atoms. The highest BCUT2D eigenvalue weighted by molar-refractivity contribution is 6.02. The molecule has 0 aromatic heterocycles. The fourth-order valence-electron chi connectivity index (χ4n) is 3.27. The van der Waals surface area contributed by atoms with Gasteiger partial charge in [-0.15, -0.1) is 0 Å². The second kappa shape index (κ2) is 9.37. The Bertz CT molecular complexity index is 876. The van der Waals surface area contributed by atoms with E-state index in [9.17, 15) is 9.59 Å². The van der Waals surface area contributed by atoms with Crippen LogP contribution in [0.3, 0.4) is 0 Å².